The Morgan fingerprint density at radius 1 is 1.44 bits per heavy atom. The zero-order valence-corrected chi connectivity index (χ0v) is 10.4. The molecule has 0 saturated carbocycles. The summed E-state index contributed by atoms with van der Waals surface area (Å²) >= 11 is 0. The molecule has 2 N–H and O–H groups in total. The molecule has 0 bridgehead atoms. The molecule has 2 heterocycles. The Balaban J connectivity index is 1.82. The molecule has 4 heteroatoms. The zero-order chi connectivity index (χ0) is 12.5. The van der Waals surface area contributed by atoms with Crippen LogP contribution in [-0.2, 0) is 13.5 Å². The van der Waals surface area contributed by atoms with E-state index in [0.29, 0.717) is 0 Å². The Morgan fingerprint density at radius 2 is 2.28 bits per heavy atom. The van der Waals surface area contributed by atoms with Crippen molar-refractivity contribution in [2.24, 2.45) is 7.05 Å². The van der Waals surface area contributed by atoms with E-state index in [2.05, 4.69) is 28.5 Å². The van der Waals surface area contributed by atoms with Crippen LogP contribution in [0.4, 0.5) is 5.69 Å². The molecule has 0 amide bonds. The molecule has 3 rings (SSSR count). The standard InChI is InChI=1S/C14H17N3O/c1-17-9-15-8-13(17)14(18)12-7-6-10-4-2-3-5-11(10)16-12/h2-5,8-9,12,14,16,18H,6-7H2,1H3. The molecule has 0 fully saturated rings. The van der Waals surface area contributed by atoms with E-state index >= 15 is 0 Å². The molecule has 2 unspecified atom stereocenters. The highest BCUT2D eigenvalue weighted by atomic mass is 16.3. The molecule has 18 heavy (non-hydrogen) atoms. The lowest BCUT2D eigenvalue weighted by atomic mass is 9.94. The molecule has 94 valence electrons. The Kier molecular flexibility index (Phi) is 2.80. The van der Waals surface area contributed by atoms with Gasteiger partial charge in [0, 0.05) is 12.7 Å². The van der Waals surface area contributed by atoms with Gasteiger partial charge in [-0.15, -0.1) is 0 Å². The van der Waals surface area contributed by atoms with Crippen LogP contribution in [-0.4, -0.2) is 20.7 Å². The number of rotatable bonds is 2. The molecule has 2 aromatic rings. The van der Waals surface area contributed by atoms with Crippen LogP contribution in [0, 0.1) is 0 Å². The van der Waals surface area contributed by atoms with Crippen molar-refractivity contribution in [2.75, 3.05) is 5.32 Å². The Morgan fingerprint density at radius 3 is 3.06 bits per heavy atom. The van der Waals surface area contributed by atoms with Crippen molar-refractivity contribution in [2.45, 2.75) is 25.0 Å². The lowest BCUT2D eigenvalue weighted by Gasteiger charge is -2.30. The third-order valence-electron chi connectivity index (χ3n) is 3.62. The molecule has 0 saturated heterocycles. The van der Waals surface area contributed by atoms with E-state index in [0.717, 1.165) is 24.2 Å². The van der Waals surface area contributed by atoms with Gasteiger partial charge >= 0.3 is 0 Å². The number of aliphatic hydroxyl groups excluding tert-OH is 1. The number of nitrogens with one attached hydrogen (secondary N) is 1. The fraction of sp³-hybridized carbons (Fsp3) is 0.357. The van der Waals surface area contributed by atoms with E-state index < -0.39 is 6.10 Å². The van der Waals surface area contributed by atoms with Crippen molar-refractivity contribution >= 4 is 5.69 Å². The van der Waals surface area contributed by atoms with Gasteiger partial charge in [-0.05, 0) is 24.5 Å². The highest BCUT2D eigenvalue weighted by Crippen LogP contribution is 2.30. The number of benzene rings is 1. The number of anilines is 1. The molecule has 1 aromatic heterocycles. The summed E-state index contributed by atoms with van der Waals surface area (Å²) in [6, 6.07) is 8.32. The molecule has 1 aliphatic heterocycles. The zero-order valence-electron chi connectivity index (χ0n) is 10.4. The third-order valence-corrected chi connectivity index (χ3v) is 3.62. The van der Waals surface area contributed by atoms with Crippen molar-refractivity contribution in [1.82, 2.24) is 9.55 Å². The number of aryl methyl sites for hydroxylation is 2. The number of fused-ring (bicyclic) bond motifs is 1. The van der Waals surface area contributed by atoms with Crippen LogP contribution in [0.1, 0.15) is 23.8 Å². The molecule has 0 spiro atoms. The maximum atomic E-state index is 10.4. The SMILES string of the molecule is Cn1cncc1C(O)C1CCc2ccccc2N1. The molecular weight excluding hydrogens is 226 g/mol. The molecule has 4 nitrogen and oxygen atoms in total. The van der Waals surface area contributed by atoms with Gasteiger partial charge in [0.1, 0.15) is 6.10 Å². The van der Waals surface area contributed by atoms with Crippen molar-refractivity contribution < 1.29 is 5.11 Å². The summed E-state index contributed by atoms with van der Waals surface area (Å²) in [5.41, 5.74) is 3.31. The molecule has 1 aliphatic rings. The van der Waals surface area contributed by atoms with Gasteiger partial charge < -0.3 is 15.0 Å². The minimum atomic E-state index is -0.522. The monoisotopic (exact) mass is 243 g/mol. The minimum absolute atomic E-state index is 0.0512. The smallest absolute Gasteiger partial charge is 0.116 e. The number of hydrogen-bond acceptors (Lipinski definition) is 3. The first kappa shape index (κ1) is 11.3. The number of aromatic nitrogens is 2. The summed E-state index contributed by atoms with van der Waals surface area (Å²) in [7, 11) is 1.91. The second-order valence-electron chi connectivity index (χ2n) is 4.82. The fourth-order valence-electron chi connectivity index (χ4n) is 2.56. The van der Waals surface area contributed by atoms with Gasteiger partial charge in [-0.2, -0.15) is 0 Å². The Labute approximate surface area is 106 Å². The maximum Gasteiger partial charge on any atom is 0.116 e. The first-order chi connectivity index (χ1) is 8.75. The summed E-state index contributed by atoms with van der Waals surface area (Å²) in [6.45, 7) is 0. The number of imidazole rings is 1. The van der Waals surface area contributed by atoms with Gasteiger partial charge in [-0.1, -0.05) is 18.2 Å². The summed E-state index contributed by atoms with van der Waals surface area (Å²) in [4.78, 5) is 4.06. The van der Waals surface area contributed by atoms with Gasteiger partial charge in [0.05, 0.1) is 24.3 Å². The molecule has 0 aliphatic carbocycles. The van der Waals surface area contributed by atoms with Crippen LogP contribution in [0.5, 0.6) is 0 Å². The van der Waals surface area contributed by atoms with Crippen LogP contribution in [0.2, 0.25) is 0 Å². The Bertz CT molecular complexity index is 549. The van der Waals surface area contributed by atoms with Gasteiger partial charge in [0.25, 0.3) is 0 Å². The first-order valence-corrected chi connectivity index (χ1v) is 6.24. The molecule has 1 aromatic carbocycles. The predicted molar refractivity (Wildman–Crippen MR) is 70.3 cm³/mol. The van der Waals surface area contributed by atoms with Crippen LogP contribution in [0.3, 0.4) is 0 Å². The quantitative estimate of drug-likeness (QED) is 0.846. The van der Waals surface area contributed by atoms with Crippen molar-refractivity contribution in [3.8, 4) is 0 Å². The fourth-order valence-corrected chi connectivity index (χ4v) is 2.56. The van der Waals surface area contributed by atoms with Crippen LogP contribution >= 0.6 is 0 Å². The van der Waals surface area contributed by atoms with E-state index in [-0.39, 0.29) is 6.04 Å². The van der Waals surface area contributed by atoms with Crippen molar-refractivity contribution in [3.63, 3.8) is 0 Å². The second-order valence-corrected chi connectivity index (χ2v) is 4.82. The highest BCUT2D eigenvalue weighted by molar-refractivity contribution is 5.54. The Hall–Kier alpha value is -1.81. The number of hydrogen-bond donors (Lipinski definition) is 2. The summed E-state index contributed by atoms with van der Waals surface area (Å²) in [6.07, 6.45) is 4.86. The number of aliphatic hydroxyl groups is 1. The van der Waals surface area contributed by atoms with Crippen LogP contribution in [0.25, 0.3) is 0 Å². The van der Waals surface area contributed by atoms with Crippen LogP contribution < -0.4 is 5.32 Å². The van der Waals surface area contributed by atoms with Gasteiger partial charge in [0.2, 0.25) is 0 Å². The van der Waals surface area contributed by atoms with Crippen molar-refractivity contribution in [3.05, 3.63) is 48.0 Å². The highest BCUT2D eigenvalue weighted by Gasteiger charge is 2.26. The third kappa shape index (κ3) is 1.88. The van der Waals surface area contributed by atoms with Gasteiger partial charge in [-0.25, -0.2) is 4.98 Å². The molecular formula is C14H17N3O. The molecule has 0 radical (unpaired) electrons. The predicted octanol–water partition coefficient (Wildman–Crippen LogP) is 1.88. The largest absolute Gasteiger partial charge is 0.385 e. The van der Waals surface area contributed by atoms with Gasteiger partial charge in [0.15, 0.2) is 0 Å². The number of para-hydroxylation sites is 1. The normalized spacial score (nSPS) is 20.0. The summed E-state index contributed by atoms with van der Waals surface area (Å²) in [5, 5.41) is 13.8. The van der Waals surface area contributed by atoms with Crippen molar-refractivity contribution in [1.29, 1.82) is 0 Å². The summed E-state index contributed by atoms with van der Waals surface area (Å²) in [5.74, 6) is 0. The van der Waals surface area contributed by atoms with E-state index in [4.69, 9.17) is 0 Å². The summed E-state index contributed by atoms with van der Waals surface area (Å²) < 4.78 is 1.87. The topological polar surface area (TPSA) is 50.1 Å². The lowest BCUT2D eigenvalue weighted by molar-refractivity contribution is 0.141. The van der Waals surface area contributed by atoms with E-state index in [1.54, 1.807) is 12.5 Å². The number of nitrogens with zero attached hydrogens (tertiary/aromatic N) is 2. The second kappa shape index (κ2) is 4.46. The minimum Gasteiger partial charge on any atom is -0.385 e. The van der Waals surface area contributed by atoms with Gasteiger partial charge in [-0.3, -0.25) is 0 Å². The average molecular weight is 243 g/mol. The average Bonchev–Trinajstić information content (AvgIpc) is 2.83. The lowest BCUT2D eigenvalue weighted by Crippen LogP contribution is -2.32. The van der Waals surface area contributed by atoms with Crippen LogP contribution in [0.15, 0.2) is 36.8 Å². The van der Waals surface area contributed by atoms with E-state index in [1.165, 1.54) is 5.56 Å². The van der Waals surface area contributed by atoms with E-state index in [1.807, 2.05) is 17.7 Å². The first-order valence-electron chi connectivity index (χ1n) is 6.24. The maximum absolute atomic E-state index is 10.4. The van der Waals surface area contributed by atoms with E-state index in [9.17, 15) is 5.11 Å². The molecule has 2 atom stereocenters.